The topological polar surface area (TPSA) is 52.6 Å². The van der Waals surface area contributed by atoms with E-state index in [0.717, 1.165) is 35.0 Å². The normalized spacial score (nSPS) is 14.4. The minimum atomic E-state index is -1.48. The van der Waals surface area contributed by atoms with Gasteiger partial charge in [0.25, 0.3) is 0 Å². The van der Waals surface area contributed by atoms with Crippen LogP contribution in [0, 0.1) is 5.41 Å². The van der Waals surface area contributed by atoms with Crippen LogP contribution in [0.25, 0.3) is 0 Å². The fourth-order valence-electron chi connectivity index (χ4n) is 2.47. The van der Waals surface area contributed by atoms with Gasteiger partial charge in [0, 0.05) is 13.0 Å². The van der Waals surface area contributed by atoms with Gasteiger partial charge in [-0.2, -0.15) is 0 Å². The Kier molecular flexibility index (Phi) is 11.8. The second kappa shape index (κ2) is 10.8. The summed E-state index contributed by atoms with van der Waals surface area (Å²) in [5, 5.41) is 9.95. The van der Waals surface area contributed by atoms with E-state index in [1.807, 2.05) is 27.7 Å². The summed E-state index contributed by atoms with van der Waals surface area (Å²) in [4.78, 5) is 0. The minimum absolute atomic E-state index is 0.0721. The van der Waals surface area contributed by atoms with Gasteiger partial charge in [0.05, 0.1) is 31.9 Å². The minimum Gasteiger partial charge on any atom is -0.329 e. The van der Waals surface area contributed by atoms with Crippen LogP contribution in [0.5, 0.6) is 0 Å². The summed E-state index contributed by atoms with van der Waals surface area (Å²) < 4.78 is 13.7. The highest BCUT2D eigenvalue weighted by atomic mass is 32.2. The van der Waals surface area contributed by atoms with Crippen LogP contribution in [0.3, 0.4) is 0 Å². The summed E-state index contributed by atoms with van der Waals surface area (Å²) in [6.45, 7) is 19.1. The predicted molar refractivity (Wildman–Crippen MR) is 101 cm³/mol. The molecule has 6 heteroatoms. The van der Waals surface area contributed by atoms with Gasteiger partial charge in [0.15, 0.2) is 0 Å². The van der Waals surface area contributed by atoms with Gasteiger partial charge in [-0.3, -0.25) is 5.21 Å². The average molecular weight is 353 g/mol. The lowest BCUT2D eigenvalue weighted by Gasteiger charge is -2.33. The van der Waals surface area contributed by atoms with Crippen molar-refractivity contribution in [3.8, 4) is 0 Å². The molecule has 2 N–H and O–H groups in total. The fraction of sp³-hybridized carbons (Fsp3) is 1.00. The first-order valence-electron chi connectivity index (χ1n) is 8.77. The molecule has 0 rings (SSSR count). The van der Waals surface area contributed by atoms with Crippen molar-refractivity contribution in [1.82, 2.24) is 10.0 Å². The molecule has 0 aliphatic heterocycles. The van der Waals surface area contributed by atoms with Crippen molar-refractivity contribution in [3.63, 3.8) is 0 Å². The van der Waals surface area contributed by atoms with E-state index in [9.17, 15) is 9.42 Å². The number of nitrogens with one attached hydrogen (secondary N) is 1. The Morgan fingerprint density at radius 3 is 2.00 bits per heavy atom. The molecular weight excluding hydrogens is 310 g/mol. The van der Waals surface area contributed by atoms with Gasteiger partial charge in [-0.15, -0.1) is 0 Å². The maximum atomic E-state index is 12.4. The molecule has 0 amide bonds. The molecule has 1 unspecified atom stereocenters. The maximum absolute atomic E-state index is 12.4. The lowest BCUT2D eigenvalue weighted by molar-refractivity contribution is -0.888. The van der Waals surface area contributed by atoms with Crippen molar-refractivity contribution in [2.24, 2.45) is 5.41 Å². The van der Waals surface area contributed by atoms with E-state index in [1.54, 1.807) is 0 Å². The van der Waals surface area contributed by atoms with E-state index in [4.69, 9.17) is 0 Å². The summed E-state index contributed by atoms with van der Waals surface area (Å²) >= 11 is 0. The molecule has 0 aromatic heterocycles. The van der Waals surface area contributed by atoms with E-state index in [0.29, 0.717) is 6.54 Å². The zero-order chi connectivity index (χ0) is 18.9. The first-order valence-corrected chi connectivity index (χ1v) is 9.88. The summed E-state index contributed by atoms with van der Waals surface area (Å²) in [5.41, 5.74) is 2.92. The van der Waals surface area contributed by atoms with Gasteiger partial charge in [-0.05, 0) is 37.2 Å². The molecule has 0 spiro atoms. The molecular formula is C17H42N3O2S+. The third-order valence-electron chi connectivity index (χ3n) is 3.63. The highest BCUT2D eigenvalue weighted by molar-refractivity contribution is 7.83. The second-order valence-corrected chi connectivity index (χ2v) is 10.2. The first kappa shape index (κ1) is 25.2. The monoisotopic (exact) mass is 352 g/mol. The highest BCUT2D eigenvalue weighted by Crippen LogP contribution is 2.31. The molecule has 0 aliphatic rings. The largest absolute Gasteiger partial charge is 0.329 e. The predicted octanol–water partition coefficient (Wildman–Crippen LogP) is 3.57. The van der Waals surface area contributed by atoms with Crippen LogP contribution in [0.4, 0.5) is 0 Å². The second-order valence-electron chi connectivity index (χ2n) is 8.26. The summed E-state index contributed by atoms with van der Waals surface area (Å²) in [7, 11) is 2.89. The van der Waals surface area contributed by atoms with E-state index in [-0.39, 0.29) is 5.41 Å². The van der Waals surface area contributed by atoms with E-state index in [1.165, 1.54) is 0 Å². The van der Waals surface area contributed by atoms with Crippen molar-refractivity contribution in [3.05, 3.63) is 0 Å². The molecule has 0 bridgehead atoms. The standard InChI is InChI=1S/C15H36N3O2S.C2H6/c1-9-18(7,8)12-10-11-16-17(19)21(20)15(5,6)13-14(2,3)4;1-2/h16,19H,9-13H2,1-8H3;1-2H3/q+1;. The van der Waals surface area contributed by atoms with E-state index >= 15 is 0 Å². The third-order valence-corrected chi connectivity index (χ3v) is 5.16. The molecule has 1 atom stereocenters. The van der Waals surface area contributed by atoms with Gasteiger partial charge in [0.2, 0.25) is 0 Å². The van der Waals surface area contributed by atoms with Gasteiger partial charge in [-0.1, -0.05) is 34.6 Å². The molecule has 5 nitrogen and oxygen atoms in total. The average Bonchev–Trinajstić information content (AvgIpc) is 2.42. The molecule has 0 saturated heterocycles. The molecule has 23 heavy (non-hydrogen) atoms. The zero-order valence-electron chi connectivity index (χ0n) is 17.2. The van der Waals surface area contributed by atoms with Crippen LogP contribution in [0.2, 0.25) is 0 Å². The number of hydrazine groups is 1. The summed E-state index contributed by atoms with van der Waals surface area (Å²) in [6.07, 6.45) is 1.69. The number of hydrogen-bond acceptors (Lipinski definition) is 3. The Bertz CT molecular complexity index is 339. The smallest absolute Gasteiger partial charge is 0.139 e. The van der Waals surface area contributed by atoms with E-state index in [2.05, 4.69) is 47.2 Å². The highest BCUT2D eigenvalue weighted by Gasteiger charge is 2.34. The number of nitrogens with zero attached hydrogens (tertiary/aromatic N) is 2. The van der Waals surface area contributed by atoms with Crippen LogP contribution in [-0.4, -0.2) is 57.0 Å². The van der Waals surface area contributed by atoms with Gasteiger partial charge >= 0.3 is 0 Å². The molecule has 0 fully saturated rings. The zero-order valence-corrected chi connectivity index (χ0v) is 18.0. The van der Waals surface area contributed by atoms with Crippen LogP contribution in [-0.2, 0) is 11.0 Å². The Labute approximate surface area is 147 Å². The molecule has 142 valence electrons. The molecule has 0 aliphatic carbocycles. The molecule has 0 saturated carbocycles. The van der Waals surface area contributed by atoms with Crippen LogP contribution >= 0.6 is 0 Å². The maximum Gasteiger partial charge on any atom is 0.139 e. The molecule has 0 aromatic carbocycles. The Balaban J connectivity index is 0. The van der Waals surface area contributed by atoms with Gasteiger partial charge in [-0.25, -0.2) is 9.63 Å². The van der Waals surface area contributed by atoms with Gasteiger partial charge < -0.3 is 4.48 Å². The van der Waals surface area contributed by atoms with Crippen LogP contribution in [0.1, 0.15) is 68.2 Å². The lowest BCUT2D eigenvalue weighted by Crippen LogP contribution is -2.47. The van der Waals surface area contributed by atoms with Crippen LogP contribution in [0.15, 0.2) is 0 Å². The number of quaternary nitrogens is 1. The number of hydrogen-bond donors (Lipinski definition) is 2. The lowest BCUT2D eigenvalue weighted by atomic mass is 9.86. The third kappa shape index (κ3) is 12.1. The number of rotatable bonds is 9. The molecule has 0 aromatic rings. The Hall–Kier alpha value is -0.0100. The Morgan fingerprint density at radius 2 is 1.61 bits per heavy atom. The van der Waals surface area contributed by atoms with Crippen molar-refractivity contribution in [2.75, 3.05) is 33.7 Å². The molecule has 0 radical (unpaired) electrons. The van der Waals surface area contributed by atoms with Gasteiger partial charge in [0.1, 0.15) is 11.0 Å². The van der Waals surface area contributed by atoms with Crippen LogP contribution < -0.4 is 5.43 Å². The SMILES string of the molecule is CC.CC[N+](C)(C)CCCNN(O)S(=O)C(C)(C)CC(C)(C)C. The van der Waals surface area contributed by atoms with Crippen molar-refractivity contribution in [1.29, 1.82) is 0 Å². The quantitative estimate of drug-likeness (QED) is 0.379. The van der Waals surface area contributed by atoms with Crippen molar-refractivity contribution < 1.29 is 13.9 Å². The molecule has 0 heterocycles. The fourth-order valence-corrected chi connectivity index (χ4v) is 3.70. The summed E-state index contributed by atoms with van der Waals surface area (Å²) in [5.74, 6) is 0. The van der Waals surface area contributed by atoms with E-state index < -0.39 is 15.7 Å². The summed E-state index contributed by atoms with van der Waals surface area (Å²) in [6, 6.07) is 0. The Morgan fingerprint density at radius 1 is 1.13 bits per heavy atom. The first-order chi connectivity index (χ1) is 10.3. The van der Waals surface area contributed by atoms with Crippen molar-refractivity contribution in [2.45, 2.75) is 73.0 Å². The van der Waals surface area contributed by atoms with Crippen molar-refractivity contribution >= 4 is 11.0 Å².